The number of benzene rings is 1. The highest BCUT2D eigenvalue weighted by Gasteiger charge is 2.43. The number of rotatable bonds is 4. The fraction of sp³-hybridized carbons (Fsp3) is 0.500. The van der Waals surface area contributed by atoms with Crippen LogP contribution in [0.5, 0.6) is 0 Å². The molecular weight excluding hydrogens is 248 g/mol. The molecule has 1 aromatic carbocycles. The largest absolute Gasteiger partial charge is 0.469 e. The maximum Gasteiger partial charge on any atom is 0.305 e. The number of hydrogen-bond acceptors (Lipinski definition) is 5. The summed E-state index contributed by atoms with van der Waals surface area (Å²) in [6.45, 7) is 0. The molecular formula is C14H18O5. The molecule has 2 unspecified atom stereocenters. The van der Waals surface area contributed by atoms with E-state index < -0.39 is 24.4 Å². The van der Waals surface area contributed by atoms with E-state index in [1.54, 1.807) is 0 Å². The molecule has 2 N–H and O–H groups in total. The Labute approximate surface area is 111 Å². The first kappa shape index (κ1) is 14.0. The number of ether oxygens (including phenoxy) is 2. The van der Waals surface area contributed by atoms with Gasteiger partial charge in [0.05, 0.1) is 13.2 Å². The van der Waals surface area contributed by atoms with E-state index in [4.69, 9.17) is 4.74 Å². The zero-order valence-corrected chi connectivity index (χ0v) is 10.7. The maximum atomic E-state index is 11.1. The summed E-state index contributed by atoms with van der Waals surface area (Å²) in [4.78, 5) is 11.1. The van der Waals surface area contributed by atoms with Crippen molar-refractivity contribution in [2.45, 2.75) is 37.3 Å². The third-order valence-corrected chi connectivity index (χ3v) is 3.35. The molecule has 0 radical (unpaired) electrons. The molecule has 0 aromatic heterocycles. The molecule has 1 aliphatic rings. The van der Waals surface area contributed by atoms with Crippen molar-refractivity contribution in [1.29, 1.82) is 0 Å². The first-order valence-electron chi connectivity index (χ1n) is 6.27. The molecule has 104 valence electrons. The van der Waals surface area contributed by atoms with Gasteiger partial charge in [0.1, 0.15) is 18.3 Å². The van der Waals surface area contributed by atoms with Crippen LogP contribution in [0.1, 0.15) is 24.5 Å². The topological polar surface area (TPSA) is 76.0 Å². The van der Waals surface area contributed by atoms with E-state index in [0.29, 0.717) is 6.42 Å². The molecule has 4 atom stereocenters. The van der Waals surface area contributed by atoms with E-state index in [1.807, 2.05) is 30.3 Å². The minimum Gasteiger partial charge on any atom is -0.469 e. The molecule has 0 saturated carbocycles. The van der Waals surface area contributed by atoms with Gasteiger partial charge in [-0.3, -0.25) is 4.79 Å². The van der Waals surface area contributed by atoms with Gasteiger partial charge in [0, 0.05) is 6.42 Å². The van der Waals surface area contributed by atoms with Gasteiger partial charge in [-0.25, -0.2) is 0 Å². The van der Waals surface area contributed by atoms with Crippen molar-refractivity contribution in [3.8, 4) is 0 Å². The van der Waals surface area contributed by atoms with Gasteiger partial charge in [0.2, 0.25) is 0 Å². The molecule has 1 saturated heterocycles. The van der Waals surface area contributed by atoms with Crippen LogP contribution in [-0.4, -0.2) is 41.6 Å². The van der Waals surface area contributed by atoms with Gasteiger partial charge in [0.15, 0.2) is 0 Å². The van der Waals surface area contributed by atoms with Crippen molar-refractivity contribution in [3.05, 3.63) is 35.9 Å². The second kappa shape index (κ2) is 6.14. The molecule has 1 fully saturated rings. The Bertz CT molecular complexity index is 419. The van der Waals surface area contributed by atoms with Crippen LogP contribution in [0.25, 0.3) is 0 Å². The lowest BCUT2D eigenvalue weighted by molar-refractivity contribution is -0.141. The predicted octanol–water partition coefficient (Wildman–Crippen LogP) is 0.801. The van der Waals surface area contributed by atoms with E-state index in [2.05, 4.69) is 4.74 Å². The standard InChI is InChI=1S/C14H18O5/c1-18-11(15)8-7-10-12(16)13(17)14(19-10)9-5-3-2-4-6-9/h2-6,10,12-14,16-17H,7-8H2,1H3/t10-,12?,13?,14+/m1/s1. The number of carbonyl (C=O) groups is 1. The Balaban J connectivity index is 2.00. The average Bonchev–Trinajstić information content (AvgIpc) is 2.73. The number of aliphatic hydroxyl groups excluding tert-OH is 2. The van der Waals surface area contributed by atoms with Crippen molar-refractivity contribution in [3.63, 3.8) is 0 Å². The van der Waals surface area contributed by atoms with E-state index in [-0.39, 0.29) is 12.4 Å². The van der Waals surface area contributed by atoms with Crippen molar-refractivity contribution in [2.75, 3.05) is 7.11 Å². The number of hydrogen-bond donors (Lipinski definition) is 2. The van der Waals surface area contributed by atoms with E-state index in [0.717, 1.165) is 5.56 Å². The highest BCUT2D eigenvalue weighted by atomic mass is 16.5. The van der Waals surface area contributed by atoms with E-state index in [9.17, 15) is 15.0 Å². The third-order valence-electron chi connectivity index (χ3n) is 3.35. The van der Waals surface area contributed by atoms with Crippen molar-refractivity contribution < 1.29 is 24.5 Å². The first-order valence-corrected chi connectivity index (χ1v) is 6.27. The Morgan fingerprint density at radius 3 is 2.58 bits per heavy atom. The summed E-state index contributed by atoms with van der Waals surface area (Å²) in [5, 5.41) is 20.0. The Kier molecular flexibility index (Phi) is 4.52. The molecule has 0 aliphatic carbocycles. The lowest BCUT2D eigenvalue weighted by atomic mass is 10.0. The summed E-state index contributed by atoms with van der Waals surface area (Å²) in [5.41, 5.74) is 0.814. The average molecular weight is 266 g/mol. The summed E-state index contributed by atoms with van der Waals surface area (Å²) in [6, 6.07) is 9.24. The van der Waals surface area contributed by atoms with E-state index >= 15 is 0 Å². The minimum atomic E-state index is -0.991. The van der Waals surface area contributed by atoms with Crippen LogP contribution < -0.4 is 0 Å². The van der Waals surface area contributed by atoms with Crippen LogP contribution in [-0.2, 0) is 14.3 Å². The third kappa shape index (κ3) is 3.12. The molecule has 0 spiro atoms. The summed E-state index contributed by atoms with van der Waals surface area (Å²) in [7, 11) is 1.32. The number of carbonyl (C=O) groups excluding carboxylic acids is 1. The van der Waals surface area contributed by atoms with Gasteiger partial charge in [-0.1, -0.05) is 30.3 Å². The van der Waals surface area contributed by atoms with Gasteiger partial charge < -0.3 is 19.7 Å². The van der Waals surface area contributed by atoms with E-state index in [1.165, 1.54) is 7.11 Å². The molecule has 19 heavy (non-hydrogen) atoms. The smallest absolute Gasteiger partial charge is 0.305 e. The van der Waals surface area contributed by atoms with Gasteiger partial charge in [-0.15, -0.1) is 0 Å². The second-order valence-electron chi connectivity index (χ2n) is 4.60. The fourth-order valence-electron chi connectivity index (χ4n) is 2.27. The Morgan fingerprint density at radius 2 is 1.95 bits per heavy atom. The number of methoxy groups -OCH3 is 1. The Hall–Kier alpha value is -1.43. The van der Waals surface area contributed by atoms with Gasteiger partial charge in [-0.2, -0.15) is 0 Å². The predicted molar refractivity (Wildman–Crippen MR) is 67.3 cm³/mol. The monoisotopic (exact) mass is 266 g/mol. The van der Waals surface area contributed by atoms with Crippen LogP contribution in [0.15, 0.2) is 30.3 Å². The summed E-state index contributed by atoms with van der Waals surface area (Å²) < 4.78 is 10.2. The molecule has 1 aromatic rings. The fourth-order valence-corrected chi connectivity index (χ4v) is 2.27. The highest BCUT2D eigenvalue weighted by Crippen LogP contribution is 2.35. The minimum absolute atomic E-state index is 0.159. The summed E-state index contributed by atoms with van der Waals surface area (Å²) in [6.07, 6.45) is -2.60. The second-order valence-corrected chi connectivity index (χ2v) is 4.60. The molecule has 0 amide bonds. The lowest BCUT2D eigenvalue weighted by Crippen LogP contribution is -2.30. The zero-order chi connectivity index (χ0) is 13.8. The molecule has 1 aliphatic heterocycles. The molecule has 1 heterocycles. The molecule has 5 heteroatoms. The maximum absolute atomic E-state index is 11.1. The van der Waals surface area contributed by atoms with Crippen LogP contribution in [0.4, 0.5) is 0 Å². The van der Waals surface area contributed by atoms with Gasteiger partial charge in [0.25, 0.3) is 0 Å². The van der Waals surface area contributed by atoms with Crippen molar-refractivity contribution in [2.24, 2.45) is 0 Å². The molecule has 2 rings (SSSR count). The van der Waals surface area contributed by atoms with Crippen molar-refractivity contribution >= 4 is 5.97 Å². The lowest BCUT2D eigenvalue weighted by Gasteiger charge is -2.14. The number of esters is 1. The van der Waals surface area contributed by atoms with Gasteiger partial charge >= 0.3 is 5.97 Å². The summed E-state index contributed by atoms with van der Waals surface area (Å²) in [5.74, 6) is -0.353. The zero-order valence-electron chi connectivity index (χ0n) is 10.7. The quantitative estimate of drug-likeness (QED) is 0.788. The summed E-state index contributed by atoms with van der Waals surface area (Å²) >= 11 is 0. The molecule has 5 nitrogen and oxygen atoms in total. The Morgan fingerprint density at radius 1 is 1.26 bits per heavy atom. The molecule has 0 bridgehead atoms. The van der Waals surface area contributed by atoms with Crippen LogP contribution in [0.2, 0.25) is 0 Å². The normalized spacial score (nSPS) is 30.3. The number of aliphatic hydroxyl groups is 2. The SMILES string of the molecule is COC(=O)CC[C@H]1O[C@@H](c2ccccc2)C(O)C1O. The van der Waals surface area contributed by atoms with Gasteiger partial charge in [-0.05, 0) is 12.0 Å². The first-order chi connectivity index (χ1) is 9.13. The highest BCUT2D eigenvalue weighted by molar-refractivity contribution is 5.69. The van der Waals surface area contributed by atoms with Crippen LogP contribution in [0, 0.1) is 0 Å². The van der Waals surface area contributed by atoms with Crippen LogP contribution in [0.3, 0.4) is 0 Å². The van der Waals surface area contributed by atoms with Crippen LogP contribution >= 0.6 is 0 Å². The van der Waals surface area contributed by atoms with Crippen molar-refractivity contribution in [1.82, 2.24) is 0 Å².